The van der Waals surface area contributed by atoms with E-state index in [0.717, 1.165) is 30.3 Å². The summed E-state index contributed by atoms with van der Waals surface area (Å²) in [6, 6.07) is 6.53. The molecule has 0 radical (unpaired) electrons. The predicted octanol–water partition coefficient (Wildman–Crippen LogP) is 2.64. The third kappa shape index (κ3) is 3.57. The van der Waals surface area contributed by atoms with E-state index < -0.39 is 0 Å². The van der Waals surface area contributed by atoms with Crippen molar-refractivity contribution in [3.8, 4) is 0 Å². The van der Waals surface area contributed by atoms with Gasteiger partial charge >= 0.3 is 0 Å². The minimum Gasteiger partial charge on any atom is -0.338 e. The van der Waals surface area contributed by atoms with Crippen LogP contribution >= 0.6 is 15.9 Å². The van der Waals surface area contributed by atoms with Crippen LogP contribution in [-0.2, 0) is 11.2 Å². The number of amides is 1. The molecule has 1 saturated heterocycles. The fraction of sp³-hybridized carbons (Fsp3) is 0.533. The molecule has 1 atom stereocenters. The molecule has 104 valence electrons. The highest BCUT2D eigenvalue weighted by Crippen LogP contribution is 2.20. The molecule has 2 N–H and O–H groups in total. The lowest BCUT2D eigenvalue weighted by Crippen LogP contribution is -2.39. The number of likely N-dealkylation sites (tertiary alicyclic amines) is 1. The summed E-state index contributed by atoms with van der Waals surface area (Å²) in [6.45, 7) is 3.53. The number of rotatable bonds is 4. The molecule has 1 unspecified atom stereocenters. The molecule has 4 heteroatoms. The summed E-state index contributed by atoms with van der Waals surface area (Å²) in [5, 5.41) is 0. The monoisotopic (exact) mass is 324 g/mol. The Labute approximate surface area is 123 Å². The average Bonchev–Trinajstić information content (AvgIpc) is 2.88. The van der Waals surface area contributed by atoms with Crippen LogP contribution in [0.15, 0.2) is 22.7 Å². The van der Waals surface area contributed by atoms with Crippen LogP contribution in [0.2, 0.25) is 0 Å². The Bertz CT molecular complexity index is 461. The molecular formula is C15H21BrN2O. The number of hydrogen-bond donors (Lipinski definition) is 1. The van der Waals surface area contributed by atoms with Crippen LogP contribution in [0.3, 0.4) is 0 Å². The minimum atomic E-state index is 0.244. The first-order valence-electron chi connectivity index (χ1n) is 6.86. The van der Waals surface area contributed by atoms with Gasteiger partial charge in [0, 0.05) is 30.0 Å². The summed E-state index contributed by atoms with van der Waals surface area (Å²) in [6.07, 6.45) is 3.53. The molecule has 1 aromatic rings. The van der Waals surface area contributed by atoms with Gasteiger partial charge in [0.1, 0.15) is 0 Å². The first kappa shape index (κ1) is 14.5. The molecule has 1 fully saturated rings. The van der Waals surface area contributed by atoms with Crippen LogP contribution in [0.4, 0.5) is 0 Å². The van der Waals surface area contributed by atoms with Crippen LogP contribution in [0.1, 0.15) is 30.4 Å². The number of carbonyl (C=O) groups excluding carboxylic acids is 1. The van der Waals surface area contributed by atoms with Gasteiger partial charge in [-0.1, -0.05) is 28.1 Å². The second kappa shape index (κ2) is 6.53. The molecule has 0 aliphatic carbocycles. The molecule has 1 aliphatic heterocycles. The van der Waals surface area contributed by atoms with Crippen LogP contribution in [0.25, 0.3) is 0 Å². The van der Waals surface area contributed by atoms with E-state index in [1.807, 2.05) is 11.0 Å². The van der Waals surface area contributed by atoms with Crippen LogP contribution < -0.4 is 5.73 Å². The van der Waals surface area contributed by atoms with Crippen molar-refractivity contribution in [2.24, 2.45) is 5.73 Å². The molecule has 0 aromatic heterocycles. The number of nitrogens with two attached hydrogens (primary N) is 1. The highest BCUT2D eigenvalue weighted by atomic mass is 79.9. The zero-order chi connectivity index (χ0) is 13.8. The number of nitrogens with zero attached hydrogens (tertiary/aromatic N) is 1. The van der Waals surface area contributed by atoms with E-state index in [1.54, 1.807) is 0 Å². The van der Waals surface area contributed by atoms with Crippen molar-refractivity contribution in [3.63, 3.8) is 0 Å². The van der Waals surface area contributed by atoms with Crippen molar-refractivity contribution in [2.75, 3.05) is 13.1 Å². The lowest BCUT2D eigenvalue weighted by atomic mass is 10.1. The van der Waals surface area contributed by atoms with Crippen molar-refractivity contribution in [1.82, 2.24) is 4.90 Å². The molecule has 19 heavy (non-hydrogen) atoms. The lowest BCUT2D eigenvalue weighted by Gasteiger charge is -2.23. The molecule has 0 saturated carbocycles. The molecule has 1 heterocycles. The van der Waals surface area contributed by atoms with Gasteiger partial charge in [-0.05, 0) is 43.4 Å². The number of halogens is 1. The van der Waals surface area contributed by atoms with Gasteiger partial charge in [0.2, 0.25) is 5.91 Å². The standard InChI is InChI=1S/C15H21BrN2O/c1-11-9-12(4-6-14(11)16)5-7-15(19)18-8-2-3-13(18)10-17/h4,6,9,13H,2-3,5,7-8,10,17H2,1H3. The second-order valence-electron chi connectivity index (χ2n) is 5.20. The molecule has 1 aromatic carbocycles. The highest BCUT2D eigenvalue weighted by molar-refractivity contribution is 9.10. The van der Waals surface area contributed by atoms with E-state index in [9.17, 15) is 4.79 Å². The van der Waals surface area contributed by atoms with Gasteiger partial charge in [-0.3, -0.25) is 4.79 Å². The summed E-state index contributed by atoms with van der Waals surface area (Å²) < 4.78 is 1.12. The van der Waals surface area contributed by atoms with Crippen LogP contribution in [0.5, 0.6) is 0 Å². The summed E-state index contributed by atoms with van der Waals surface area (Å²) in [5.41, 5.74) is 8.14. The third-order valence-electron chi connectivity index (χ3n) is 3.82. The minimum absolute atomic E-state index is 0.244. The quantitative estimate of drug-likeness (QED) is 0.925. The maximum Gasteiger partial charge on any atom is 0.223 e. The molecule has 3 nitrogen and oxygen atoms in total. The smallest absolute Gasteiger partial charge is 0.223 e. The van der Waals surface area contributed by atoms with Crippen molar-refractivity contribution in [3.05, 3.63) is 33.8 Å². The van der Waals surface area contributed by atoms with E-state index in [0.29, 0.717) is 13.0 Å². The van der Waals surface area contributed by atoms with E-state index in [2.05, 4.69) is 35.0 Å². The Morgan fingerprint density at radius 2 is 2.32 bits per heavy atom. The fourth-order valence-corrected chi connectivity index (χ4v) is 2.91. The normalized spacial score (nSPS) is 18.9. The van der Waals surface area contributed by atoms with E-state index in [4.69, 9.17) is 5.73 Å². The predicted molar refractivity (Wildman–Crippen MR) is 81.0 cm³/mol. The van der Waals surface area contributed by atoms with Crippen molar-refractivity contribution < 1.29 is 4.79 Å². The molecule has 0 bridgehead atoms. The van der Waals surface area contributed by atoms with E-state index in [-0.39, 0.29) is 11.9 Å². The average molecular weight is 325 g/mol. The van der Waals surface area contributed by atoms with Gasteiger partial charge in [-0.25, -0.2) is 0 Å². The Morgan fingerprint density at radius 3 is 3.00 bits per heavy atom. The van der Waals surface area contributed by atoms with Crippen LogP contribution in [0, 0.1) is 6.92 Å². The summed E-state index contributed by atoms with van der Waals surface area (Å²) in [4.78, 5) is 14.2. The van der Waals surface area contributed by atoms with E-state index in [1.165, 1.54) is 11.1 Å². The maximum absolute atomic E-state index is 12.2. The summed E-state index contributed by atoms with van der Waals surface area (Å²) in [7, 11) is 0. The zero-order valence-electron chi connectivity index (χ0n) is 11.4. The molecular weight excluding hydrogens is 304 g/mol. The number of carbonyl (C=O) groups is 1. The first-order chi connectivity index (χ1) is 9.11. The van der Waals surface area contributed by atoms with E-state index >= 15 is 0 Å². The molecule has 2 rings (SSSR count). The van der Waals surface area contributed by atoms with Crippen molar-refractivity contribution in [2.45, 2.75) is 38.6 Å². The van der Waals surface area contributed by atoms with Gasteiger partial charge in [-0.15, -0.1) is 0 Å². The first-order valence-corrected chi connectivity index (χ1v) is 7.65. The van der Waals surface area contributed by atoms with Gasteiger partial charge in [0.25, 0.3) is 0 Å². The summed E-state index contributed by atoms with van der Waals surface area (Å²) >= 11 is 3.49. The Morgan fingerprint density at radius 1 is 1.53 bits per heavy atom. The van der Waals surface area contributed by atoms with Gasteiger partial charge < -0.3 is 10.6 Å². The fourth-order valence-electron chi connectivity index (χ4n) is 2.67. The summed E-state index contributed by atoms with van der Waals surface area (Å²) in [5.74, 6) is 0.244. The molecule has 0 spiro atoms. The van der Waals surface area contributed by atoms with Gasteiger partial charge in [0.05, 0.1) is 0 Å². The number of hydrogen-bond acceptors (Lipinski definition) is 2. The number of benzene rings is 1. The van der Waals surface area contributed by atoms with Gasteiger partial charge in [0.15, 0.2) is 0 Å². The SMILES string of the molecule is Cc1cc(CCC(=O)N2CCCC2CN)ccc1Br. The maximum atomic E-state index is 12.2. The second-order valence-corrected chi connectivity index (χ2v) is 6.06. The largest absolute Gasteiger partial charge is 0.338 e. The van der Waals surface area contributed by atoms with Crippen molar-refractivity contribution in [1.29, 1.82) is 0 Å². The number of aryl methyl sites for hydroxylation is 2. The van der Waals surface area contributed by atoms with Crippen LogP contribution in [-0.4, -0.2) is 29.9 Å². The topological polar surface area (TPSA) is 46.3 Å². The van der Waals surface area contributed by atoms with Gasteiger partial charge in [-0.2, -0.15) is 0 Å². The van der Waals surface area contributed by atoms with Crippen molar-refractivity contribution >= 4 is 21.8 Å². The molecule has 1 amide bonds. The zero-order valence-corrected chi connectivity index (χ0v) is 12.9. The Hall–Kier alpha value is -0.870. The Balaban J connectivity index is 1.91. The molecule has 1 aliphatic rings. The highest BCUT2D eigenvalue weighted by Gasteiger charge is 2.26. The Kier molecular flexibility index (Phi) is 4.99. The lowest BCUT2D eigenvalue weighted by molar-refractivity contribution is -0.131. The third-order valence-corrected chi connectivity index (χ3v) is 4.71.